The second-order valence-electron chi connectivity index (χ2n) is 6.61. The van der Waals surface area contributed by atoms with Crippen molar-refractivity contribution >= 4 is 17.6 Å². The molecule has 8 nitrogen and oxygen atoms in total. The lowest BCUT2D eigenvalue weighted by Crippen LogP contribution is -2.46. The molecule has 0 bridgehead atoms. The van der Waals surface area contributed by atoms with Crippen LogP contribution in [0.15, 0.2) is 47.1 Å². The number of anilines is 3. The summed E-state index contributed by atoms with van der Waals surface area (Å²) in [5, 5.41) is 3.11. The number of benzene rings is 1. The second-order valence-corrected chi connectivity index (χ2v) is 6.61. The Hall–Kier alpha value is -3.20. The Balaban J connectivity index is 1.33. The zero-order chi connectivity index (χ0) is 19.3. The largest absolute Gasteiger partial charge is 0.467 e. The van der Waals surface area contributed by atoms with E-state index >= 15 is 0 Å². The Labute approximate surface area is 162 Å². The number of hydrogen-bond acceptors (Lipinski definition) is 8. The molecule has 0 aliphatic carbocycles. The standard InChI is InChI=1S/C19H22FN7O/c20-14-3-5-15(6-4-14)27-9-7-26(8-10-27)13-17-23-18(21)25-19(24-17)22-12-16-2-1-11-28-16/h1-6,11H,7-10,12-13H2,(H3,21,22,23,24,25). The molecular formula is C19H22FN7O. The Morgan fingerprint density at radius 2 is 1.82 bits per heavy atom. The third-order valence-corrected chi connectivity index (χ3v) is 4.63. The molecule has 1 aliphatic heterocycles. The molecule has 1 saturated heterocycles. The van der Waals surface area contributed by atoms with Gasteiger partial charge >= 0.3 is 0 Å². The molecule has 9 heteroatoms. The zero-order valence-electron chi connectivity index (χ0n) is 15.4. The number of furan rings is 1. The smallest absolute Gasteiger partial charge is 0.228 e. The van der Waals surface area contributed by atoms with E-state index < -0.39 is 0 Å². The third-order valence-electron chi connectivity index (χ3n) is 4.63. The molecule has 2 aromatic heterocycles. The van der Waals surface area contributed by atoms with Crippen LogP contribution in [-0.2, 0) is 13.1 Å². The summed E-state index contributed by atoms with van der Waals surface area (Å²) in [4.78, 5) is 17.4. The second kappa shape index (κ2) is 8.22. The Kier molecular flexibility index (Phi) is 5.34. The maximum absolute atomic E-state index is 13.1. The lowest BCUT2D eigenvalue weighted by atomic mass is 10.2. The highest BCUT2D eigenvalue weighted by atomic mass is 19.1. The fourth-order valence-corrected chi connectivity index (χ4v) is 3.18. The first kappa shape index (κ1) is 18.2. The molecule has 3 heterocycles. The van der Waals surface area contributed by atoms with Gasteiger partial charge in [-0.2, -0.15) is 15.0 Å². The molecule has 4 rings (SSSR count). The van der Waals surface area contributed by atoms with Gasteiger partial charge in [-0.3, -0.25) is 4.90 Å². The van der Waals surface area contributed by atoms with E-state index in [4.69, 9.17) is 10.2 Å². The Bertz CT molecular complexity index is 893. The first-order valence-electron chi connectivity index (χ1n) is 9.15. The lowest BCUT2D eigenvalue weighted by Gasteiger charge is -2.35. The molecule has 0 amide bonds. The van der Waals surface area contributed by atoms with Crippen LogP contribution in [0.3, 0.4) is 0 Å². The Morgan fingerprint density at radius 3 is 2.54 bits per heavy atom. The number of nitrogens with zero attached hydrogens (tertiary/aromatic N) is 5. The van der Waals surface area contributed by atoms with Gasteiger partial charge in [-0.1, -0.05) is 0 Å². The normalized spacial score (nSPS) is 15.0. The van der Waals surface area contributed by atoms with Gasteiger partial charge in [0.25, 0.3) is 0 Å². The van der Waals surface area contributed by atoms with Crippen molar-refractivity contribution in [2.24, 2.45) is 0 Å². The summed E-state index contributed by atoms with van der Waals surface area (Å²) >= 11 is 0. The highest BCUT2D eigenvalue weighted by molar-refractivity contribution is 5.46. The van der Waals surface area contributed by atoms with Crippen LogP contribution in [0.4, 0.5) is 22.0 Å². The molecule has 3 N–H and O–H groups in total. The first-order chi connectivity index (χ1) is 13.7. The molecule has 1 aliphatic rings. The molecule has 0 saturated carbocycles. The van der Waals surface area contributed by atoms with Crippen LogP contribution in [0.1, 0.15) is 11.6 Å². The molecule has 146 valence electrons. The van der Waals surface area contributed by atoms with Crippen LogP contribution in [0, 0.1) is 5.82 Å². The van der Waals surface area contributed by atoms with Crippen LogP contribution in [-0.4, -0.2) is 46.0 Å². The molecule has 1 aromatic carbocycles. The van der Waals surface area contributed by atoms with Crippen molar-refractivity contribution in [3.63, 3.8) is 0 Å². The maximum atomic E-state index is 13.1. The Morgan fingerprint density at radius 1 is 1.04 bits per heavy atom. The summed E-state index contributed by atoms with van der Waals surface area (Å²) in [5.74, 6) is 1.83. The summed E-state index contributed by atoms with van der Waals surface area (Å²) in [7, 11) is 0. The molecule has 0 atom stereocenters. The van der Waals surface area contributed by atoms with Crippen molar-refractivity contribution < 1.29 is 8.81 Å². The van der Waals surface area contributed by atoms with Crippen LogP contribution in [0.25, 0.3) is 0 Å². The van der Waals surface area contributed by atoms with Gasteiger partial charge in [0.15, 0.2) is 0 Å². The molecule has 1 fully saturated rings. The number of hydrogen-bond donors (Lipinski definition) is 2. The van der Waals surface area contributed by atoms with Crippen LogP contribution < -0.4 is 16.0 Å². The molecule has 0 radical (unpaired) electrons. The van der Waals surface area contributed by atoms with Crippen LogP contribution in [0.2, 0.25) is 0 Å². The molecule has 0 spiro atoms. The van der Waals surface area contributed by atoms with E-state index in [1.54, 1.807) is 6.26 Å². The van der Waals surface area contributed by atoms with E-state index in [1.165, 1.54) is 12.1 Å². The van der Waals surface area contributed by atoms with Crippen molar-refractivity contribution in [3.05, 3.63) is 60.1 Å². The number of nitrogen functional groups attached to an aromatic ring is 1. The number of nitrogens with two attached hydrogens (primary N) is 1. The predicted molar refractivity (Wildman–Crippen MR) is 104 cm³/mol. The van der Waals surface area contributed by atoms with Gasteiger partial charge < -0.3 is 20.4 Å². The molecule has 0 unspecified atom stereocenters. The van der Waals surface area contributed by atoms with Gasteiger partial charge in [0.1, 0.15) is 17.4 Å². The topological polar surface area (TPSA) is 96.3 Å². The van der Waals surface area contributed by atoms with E-state index in [0.29, 0.717) is 24.9 Å². The minimum absolute atomic E-state index is 0.192. The van der Waals surface area contributed by atoms with Crippen molar-refractivity contribution in [3.8, 4) is 0 Å². The molecular weight excluding hydrogens is 361 g/mol. The average Bonchev–Trinajstić information content (AvgIpc) is 3.21. The van der Waals surface area contributed by atoms with Gasteiger partial charge in [0, 0.05) is 31.9 Å². The van der Waals surface area contributed by atoms with Crippen LogP contribution in [0.5, 0.6) is 0 Å². The van der Waals surface area contributed by atoms with E-state index in [0.717, 1.165) is 37.6 Å². The number of rotatable bonds is 6. The van der Waals surface area contributed by atoms with Crippen molar-refractivity contribution in [2.75, 3.05) is 42.1 Å². The number of halogens is 1. The lowest BCUT2D eigenvalue weighted by molar-refractivity contribution is 0.244. The number of aromatic nitrogens is 3. The van der Waals surface area contributed by atoms with Gasteiger partial charge in [-0.25, -0.2) is 4.39 Å². The SMILES string of the molecule is Nc1nc(CN2CCN(c3ccc(F)cc3)CC2)nc(NCc2ccco2)n1. The highest BCUT2D eigenvalue weighted by Crippen LogP contribution is 2.17. The minimum atomic E-state index is -0.216. The minimum Gasteiger partial charge on any atom is -0.467 e. The summed E-state index contributed by atoms with van der Waals surface area (Å²) in [6, 6.07) is 10.3. The number of nitrogens with one attached hydrogen (secondary N) is 1. The van der Waals surface area contributed by atoms with Crippen molar-refractivity contribution in [1.29, 1.82) is 0 Å². The van der Waals surface area contributed by atoms with E-state index in [1.807, 2.05) is 24.3 Å². The fraction of sp³-hybridized carbons (Fsp3) is 0.316. The molecule has 3 aromatic rings. The van der Waals surface area contributed by atoms with Crippen molar-refractivity contribution in [1.82, 2.24) is 19.9 Å². The summed E-state index contributed by atoms with van der Waals surface area (Å²) in [5.41, 5.74) is 6.88. The first-order valence-corrected chi connectivity index (χ1v) is 9.15. The van der Waals surface area contributed by atoms with Gasteiger partial charge in [-0.05, 0) is 36.4 Å². The van der Waals surface area contributed by atoms with E-state index in [-0.39, 0.29) is 11.8 Å². The quantitative estimate of drug-likeness (QED) is 0.668. The zero-order valence-corrected chi connectivity index (χ0v) is 15.4. The third kappa shape index (κ3) is 4.55. The number of piperazine rings is 1. The average molecular weight is 383 g/mol. The highest BCUT2D eigenvalue weighted by Gasteiger charge is 2.19. The maximum Gasteiger partial charge on any atom is 0.228 e. The summed E-state index contributed by atoms with van der Waals surface area (Å²) in [6.45, 7) is 4.51. The monoisotopic (exact) mass is 383 g/mol. The van der Waals surface area contributed by atoms with Crippen molar-refractivity contribution in [2.45, 2.75) is 13.1 Å². The van der Waals surface area contributed by atoms with Gasteiger partial charge in [0.2, 0.25) is 11.9 Å². The fourth-order valence-electron chi connectivity index (χ4n) is 3.18. The summed E-state index contributed by atoms with van der Waals surface area (Å²) < 4.78 is 18.4. The predicted octanol–water partition coefficient (Wildman–Crippen LogP) is 2.12. The van der Waals surface area contributed by atoms with E-state index in [2.05, 4.69) is 30.1 Å². The van der Waals surface area contributed by atoms with Crippen LogP contribution >= 0.6 is 0 Å². The van der Waals surface area contributed by atoms with Gasteiger partial charge in [0.05, 0.1) is 19.4 Å². The molecule has 28 heavy (non-hydrogen) atoms. The van der Waals surface area contributed by atoms with E-state index in [9.17, 15) is 4.39 Å². The van der Waals surface area contributed by atoms with Gasteiger partial charge in [-0.15, -0.1) is 0 Å². The summed E-state index contributed by atoms with van der Waals surface area (Å²) in [6.07, 6.45) is 1.62.